The highest BCUT2D eigenvalue weighted by Gasteiger charge is 2.31. The van der Waals surface area contributed by atoms with Crippen molar-refractivity contribution in [2.24, 2.45) is 5.73 Å². The number of nitrogens with one attached hydrogen (secondary N) is 1. The van der Waals surface area contributed by atoms with Crippen LogP contribution in [0.4, 0.5) is 4.39 Å². The molecule has 2 nitrogen and oxygen atoms in total. The fourth-order valence-corrected chi connectivity index (χ4v) is 2.12. The molecule has 4 heteroatoms. The quantitative estimate of drug-likeness (QED) is 0.851. The van der Waals surface area contributed by atoms with Crippen LogP contribution in [-0.2, 0) is 6.54 Å². The van der Waals surface area contributed by atoms with Crippen LogP contribution in [0.2, 0.25) is 5.02 Å². The predicted octanol–water partition coefficient (Wildman–Crippen LogP) is 2.45. The Hall–Kier alpha value is -0.640. The molecule has 0 bridgehead atoms. The Morgan fingerprint density at radius 2 is 2.19 bits per heavy atom. The highest BCUT2D eigenvalue weighted by atomic mass is 35.5. The molecule has 1 aromatic rings. The van der Waals surface area contributed by atoms with Gasteiger partial charge in [0.05, 0.1) is 0 Å². The largest absolute Gasteiger partial charge is 0.324 e. The summed E-state index contributed by atoms with van der Waals surface area (Å²) in [4.78, 5) is 0. The fraction of sp³-hybridized carbons (Fsp3) is 0.500. The molecule has 0 atom stereocenters. The van der Waals surface area contributed by atoms with Crippen molar-refractivity contribution in [2.45, 2.75) is 31.3 Å². The molecule has 0 spiro atoms. The van der Waals surface area contributed by atoms with Crippen LogP contribution in [-0.4, -0.2) is 12.1 Å². The van der Waals surface area contributed by atoms with Crippen LogP contribution in [0.5, 0.6) is 0 Å². The highest BCUT2D eigenvalue weighted by Crippen LogP contribution is 2.28. The molecular formula is C12H16ClFN2. The monoisotopic (exact) mass is 242 g/mol. The van der Waals surface area contributed by atoms with Gasteiger partial charge in [-0.15, -0.1) is 0 Å². The minimum absolute atomic E-state index is 0.0558. The van der Waals surface area contributed by atoms with Crippen molar-refractivity contribution >= 4 is 11.6 Å². The fourth-order valence-electron chi connectivity index (χ4n) is 1.93. The van der Waals surface area contributed by atoms with Gasteiger partial charge in [-0.05, 0) is 43.0 Å². The van der Waals surface area contributed by atoms with Gasteiger partial charge in [-0.25, -0.2) is 4.39 Å². The normalized spacial score (nSPS) is 18.2. The van der Waals surface area contributed by atoms with Gasteiger partial charge >= 0.3 is 0 Å². The SMILES string of the molecule is NC1(CNCc2cc(F)ccc2Cl)CCC1. The molecule has 0 heterocycles. The lowest BCUT2D eigenvalue weighted by Gasteiger charge is -2.38. The molecule has 0 radical (unpaired) electrons. The van der Waals surface area contributed by atoms with Gasteiger partial charge in [-0.1, -0.05) is 11.6 Å². The van der Waals surface area contributed by atoms with Crippen LogP contribution in [0.3, 0.4) is 0 Å². The highest BCUT2D eigenvalue weighted by molar-refractivity contribution is 6.31. The predicted molar refractivity (Wildman–Crippen MR) is 63.9 cm³/mol. The first-order valence-electron chi connectivity index (χ1n) is 5.53. The molecule has 1 aliphatic rings. The average Bonchev–Trinajstić information content (AvgIpc) is 2.21. The summed E-state index contributed by atoms with van der Waals surface area (Å²) in [7, 11) is 0. The van der Waals surface area contributed by atoms with Gasteiger partial charge in [-0.3, -0.25) is 0 Å². The second-order valence-corrected chi connectivity index (χ2v) is 4.96. The molecule has 0 amide bonds. The van der Waals surface area contributed by atoms with Gasteiger partial charge in [0.15, 0.2) is 0 Å². The Morgan fingerprint density at radius 3 is 2.81 bits per heavy atom. The van der Waals surface area contributed by atoms with Gasteiger partial charge in [-0.2, -0.15) is 0 Å². The molecule has 88 valence electrons. The standard InChI is InChI=1S/C12H16ClFN2/c13-11-3-2-10(14)6-9(11)7-16-8-12(15)4-1-5-12/h2-3,6,16H,1,4-5,7-8,15H2. The molecular weight excluding hydrogens is 227 g/mol. The molecule has 0 saturated heterocycles. The smallest absolute Gasteiger partial charge is 0.123 e. The van der Waals surface area contributed by atoms with E-state index >= 15 is 0 Å². The summed E-state index contributed by atoms with van der Waals surface area (Å²) in [5.74, 6) is -0.257. The molecule has 0 aromatic heterocycles. The van der Waals surface area contributed by atoms with E-state index in [-0.39, 0.29) is 11.4 Å². The number of hydrogen-bond acceptors (Lipinski definition) is 2. The number of hydrogen-bond donors (Lipinski definition) is 2. The molecule has 16 heavy (non-hydrogen) atoms. The van der Waals surface area contributed by atoms with Crippen LogP contribution in [0.15, 0.2) is 18.2 Å². The van der Waals surface area contributed by atoms with Crippen LogP contribution in [0, 0.1) is 5.82 Å². The zero-order valence-corrected chi connectivity index (χ0v) is 9.86. The van der Waals surface area contributed by atoms with Crippen molar-refractivity contribution < 1.29 is 4.39 Å². The molecule has 0 aliphatic heterocycles. The average molecular weight is 243 g/mol. The van der Waals surface area contributed by atoms with Crippen LogP contribution in [0.25, 0.3) is 0 Å². The van der Waals surface area contributed by atoms with Crippen molar-refractivity contribution in [1.29, 1.82) is 0 Å². The van der Waals surface area contributed by atoms with Crippen LogP contribution < -0.4 is 11.1 Å². The van der Waals surface area contributed by atoms with E-state index < -0.39 is 0 Å². The first-order valence-corrected chi connectivity index (χ1v) is 5.90. The van der Waals surface area contributed by atoms with E-state index in [0.717, 1.165) is 24.9 Å². The van der Waals surface area contributed by atoms with Crippen LogP contribution in [0.1, 0.15) is 24.8 Å². The number of halogens is 2. The third-order valence-corrected chi connectivity index (χ3v) is 3.52. The third-order valence-electron chi connectivity index (χ3n) is 3.15. The molecule has 2 rings (SSSR count). The van der Waals surface area contributed by atoms with Crippen molar-refractivity contribution in [1.82, 2.24) is 5.32 Å². The lowest BCUT2D eigenvalue weighted by Crippen LogP contribution is -2.53. The van der Waals surface area contributed by atoms with E-state index in [1.807, 2.05) is 0 Å². The minimum Gasteiger partial charge on any atom is -0.324 e. The Balaban J connectivity index is 1.87. The topological polar surface area (TPSA) is 38.0 Å². The minimum atomic E-state index is -0.257. The van der Waals surface area contributed by atoms with E-state index in [1.54, 1.807) is 6.07 Å². The van der Waals surface area contributed by atoms with Gasteiger partial charge in [0, 0.05) is 23.7 Å². The Bertz CT molecular complexity index is 377. The second kappa shape index (κ2) is 4.70. The van der Waals surface area contributed by atoms with Crippen molar-refractivity contribution in [2.75, 3.05) is 6.54 Å². The van der Waals surface area contributed by atoms with Gasteiger partial charge in [0.1, 0.15) is 5.82 Å². The maximum atomic E-state index is 13.0. The van der Waals surface area contributed by atoms with Crippen molar-refractivity contribution in [3.63, 3.8) is 0 Å². The summed E-state index contributed by atoms with van der Waals surface area (Å²) in [5.41, 5.74) is 6.79. The molecule has 1 aliphatic carbocycles. The van der Waals surface area contributed by atoms with Gasteiger partial charge in [0.25, 0.3) is 0 Å². The lowest BCUT2D eigenvalue weighted by molar-refractivity contribution is 0.239. The van der Waals surface area contributed by atoms with E-state index in [1.165, 1.54) is 18.6 Å². The summed E-state index contributed by atoms with van der Waals surface area (Å²) >= 11 is 5.96. The third kappa shape index (κ3) is 2.73. The Labute approximate surface area is 100.0 Å². The summed E-state index contributed by atoms with van der Waals surface area (Å²) < 4.78 is 13.0. The number of nitrogens with two attached hydrogens (primary N) is 1. The second-order valence-electron chi connectivity index (χ2n) is 4.56. The Morgan fingerprint density at radius 1 is 1.44 bits per heavy atom. The summed E-state index contributed by atoms with van der Waals surface area (Å²) in [5, 5.41) is 3.83. The van der Waals surface area contributed by atoms with E-state index in [2.05, 4.69) is 5.32 Å². The van der Waals surface area contributed by atoms with E-state index in [4.69, 9.17) is 17.3 Å². The maximum absolute atomic E-state index is 13.0. The Kier molecular flexibility index (Phi) is 3.47. The summed E-state index contributed by atoms with van der Waals surface area (Å²) in [6, 6.07) is 4.40. The zero-order valence-electron chi connectivity index (χ0n) is 9.10. The molecule has 0 unspecified atom stereocenters. The molecule has 1 fully saturated rings. The van der Waals surface area contributed by atoms with E-state index in [0.29, 0.717) is 11.6 Å². The van der Waals surface area contributed by atoms with Gasteiger partial charge < -0.3 is 11.1 Å². The molecule has 3 N–H and O–H groups in total. The molecule has 1 aromatic carbocycles. The maximum Gasteiger partial charge on any atom is 0.123 e. The first-order chi connectivity index (χ1) is 7.59. The number of rotatable bonds is 4. The first kappa shape index (κ1) is 11.8. The van der Waals surface area contributed by atoms with Gasteiger partial charge in [0.2, 0.25) is 0 Å². The number of benzene rings is 1. The summed E-state index contributed by atoms with van der Waals surface area (Å²) in [6.45, 7) is 1.33. The lowest BCUT2D eigenvalue weighted by atomic mass is 9.78. The van der Waals surface area contributed by atoms with Crippen molar-refractivity contribution in [3.05, 3.63) is 34.6 Å². The summed E-state index contributed by atoms with van der Waals surface area (Å²) in [6.07, 6.45) is 3.34. The van der Waals surface area contributed by atoms with Crippen molar-refractivity contribution in [3.8, 4) is 0 Å². The van der Waals surface area contributed by atoms with Crippen LogP contribution >= 0.6 is 11.6 Å². The van der Waals surface area contributed by atoms with E-state index in [9.17, 15) is 4.39 Å². The zero-order chi connectivity index (χ0) is 11.6. The molecule has 1 saturated carbocycles.